The number of alkyl halides is 3. The average Bonchev–Trinajstić information content (AvgIpc) is 2.61. The van der Waals surface area contributed by atoms with Crippen LogP contribution in [0, 0.1) is 0 Å². The third-order valence-electron chi connectivity index (χ3n) is 4.68. The normalized spacial score (nSPS) is 21.0. The van der Waals surface area contributed by atoms with Crippen molar-refractivity contribution in [2.24, 2.45) is 0 Å². The van der Waals surface area contributed by atoms with E-state index < -0.39 is 36.1 Å². The summed E-state index contributed by atoms with van der Waals surface area (Å²) in [5.74, 6) is 0. The first-order valence-electron chi connectivity index (χ1n) is 8.67. The predicted octanol–water partition coefficient (Wildman–Crippen LogP) is 2.55. The van der Waals surface area contributed by atoms with Crippen molar-refractivity contribution in [3.63, 3.8) is 0 Å². The minimum Gasteiger partial charge on any atom is -0.381 e. The molecule has 2 fully saturated rings. The van der Waals surface area contributed by atoms with Crippen molar-refractivity contribution in [1.82, 2.24) is 20.9 Å². The fourth-order valence-electron chi connectivity index (χ4n) is 3.35. The Morgan fingerprint density at radius 3 is 2.33 bits per heavy atom. The lowest BCUT2D eigenvalue weighted by Crippen LogP contribution is -2.70. The Hall–Kier alpha value is -2.33. The minimum atomic E-state index is -4.49. The molecule has 2 heterocycles. The fourth-order valence-corrected chi connectivity index (χ4v) is 3.35. The lowest BCUT2D eigenvalue weighted by atomic mass is 10.0. The van der Waals surface area contributed by atoms with E-state index in [0.717, 1.165) is 11.0 Å². The number of nitrogens with one attached hydrogen (secondary N) is 3. The smallest absolute Gasteiger partial charge is 0.381 e. The summed E-state index contributed by atoms with van der Waals surface area (Å²) in [6, 6.07) is 2.99. The SMILES string of the molecule is CC(NC1NC(=O)N(C2CCOCC2)C(=O)N1)c1ccccc1C(F)(F)F. The Balaban J connectivity index is 1.68. The van der Waals surface area contributed by atoms with Crippen LogP contribution in [0.3, 0.4) is 0 Å². The molecule has 3 rings (SSSR count). The number of urea groups is 2. The molecule has 2 saturated heterocycles. The molecule has 0 aliphatic carbocycles. The molecule has 2 aliphatic heterocycles. The zero-order valence-corrected chi connectivity index (χ0v) is 14.7. The van der Waals surface area contributed by atoms with Crippen LogP contribution in [-0.2, 0) is 10.9 Å². The van der Waals surface area contributed by atoms with Crippen molar-refractivity contribution in [3.05, 3.63) is 35.4 Å². The molecular formula is C17H21F3N4O3. The van der Waals surface area contributed by atoms with Crippen molar-refractivity contribution in [3.8, 4) is 0 Å². The molecule has 10 heteroatoms. The maximum absolute atomic E-state index is 13.2. The molecule has 1 aromatic rings. The van der Waals surface area contributed by atoms with Gasteiger partial charge in [-0.25, -0.2) is 14.5 Å². The van der Waals surface area contributed by atoms with Gasteiger partial charge in [0.05, 0.1) is 5.56 Å². The van der Waals surface area contributed by atoms with E-state index in [4.69, 9.17) is 4.74 Å². The highest BCUT2D eigenvalue weighted by molar-refractivity contribution is 5.96. The van der Waals surface area contributed by atoms with Crippen LogP contribution in [-0.4, -0.2) is 42.5 Å². The van der Waals surface area contributed by atoms with Gasteiger partial charge in [-0.2, -0.15) is 13.2 Å². The molecule has 1 unspecified atom stereocenters. The molecule has 4 amide bonds. The largest absolute Gasteiger partial charge is 0.416 e. The number of ether oxygens (including phenoxy) is 1. The van der Waals surface area contributed by atoms with Crippen LogP contribution in [0.15, 0.2) is 24.3 Å². The number of amides is 4. The number of hydrogen-bond acceptors (Lipinski definition) is 4. The number of carbonyl (C=O) groups is 2. The van der Waals surface area contributed by atoms with E-state index in [1.165, 1.54) is 25.1 Å². The lowest BCUT2D eigenvalue weighted by molar-refractivity contribution is -0.138. The lowest BCUT2D eigenvalue weighted by Gasteiger charge is -2.39. The highest BCUT2D eigenvalue weighted by atomic mass is 19.4. The van der Waals surface area contributed by atoms with Gasteiger partial charge in [-0.3, -0.25) is 5.32 Å². The number of imide groups is 1. The van der Waals surface area contributed by atoms with Crippen molar-refractivity contribution in [2.45, 2.75) is 44.3 Å². The van der Waals surface area contributed by atoms with Crippen molar-refractivity contribution >= 4 is 12.1 Å². The molecule has 27 heavy (non-hydrogen) atoms. The molecule has 7 nitrogen and oxygen atoms in total. The van der Waals surface area contributed by atoms with E-state index >= 15 is 0 Å². The van der Waals surface area contributed by atoms with E-state index in [1.54, 1.807) is 0 Å². The summed E-state index contributed by atoms with van der Waals surface area (Å²) < 4.78 is 44.8. The van der Waals surface area contributed by atoms with Gasteiger partial charge in [-0.1, -0.05) is 18.2 Å². The first-order chi connectivity index (χ1) is 12.8. The molecule has 148 valence electrons. The van der Waals surface area contributed by atoms with Gasteiger partial charge in [0.2, 0.25) is 0 Å². The number of carbonyl (C=O) groups excluding carboxylic acids is 2. The van der Waals surface area contributed by atoms with Gasteiger partial charge in [0, 0.05) is 25.3 Å². The van der Waals surface area contributed by atoms with E-state index in [9.17, 15) is 22.8 Å². The summed E-state index contributed by atoms with van der Waals surface area (Å²) in [4.78, 5) is 25.8. The van der Waals surface area contributed by atoms with E-state index in [1.807, 2.05) is 0 Å². The summed E-state index contributed by atoms with van der Waals surface area (Å²) >= 11 is 0. The summed E-state index contributed by atoms with van der Waals surface area (Å²) in [5.41, 5.74) is -0.734. The van der Waals surface area contributed by atoms with Gasteiger partial charge < -0.3 is 15.4 Å². The topological polar surface area (TPSA) is 82.7 Å². The van der Waals surface area contributed by atoms with Crippen LogP contribution in [0.1, 0.15) is 36.9 Å². The highest BCUT2D eigenvalue weighted by Gasteiger charge is 2.38. The number of rotatable bonds is 4. The monoisotopic (exact) mass is 386 g/mol. The van der Waals surface area contributed by atoms with E-state index in [-0.39, 0.29) is 11.6 Å². The average molecular weight is 386 g/mol. The summed E-state index contributed by atoms with van der Waals surface area (Å²) in [6.45, 7) is 2.47. The molecule has 0 bridgehead atoms. The fraction of sp³-hybridized carbons (Fsp3) is 0.529. The van der Waals surface area contributed by atoms with Crippen molar-refractivity contribution < 1.29 is 27.5 Å². The van der Waals surface area contributed by atoms with Crippen LogP contribution in [0.4, 0.5) is 22.8 Å². The first-order valence-corrected chi connectivity index (χ1v) is 8.67. The van der Waals surface area contributed by atoms with Gasteiger partial charge in [0.15, 0.2) is 6.29 Å². The molecular weight excluding hydrogens is 365 g/mol. The second-order valence-corrected chi connectivity index (χ2v) is 6.52. The number of halogens is 3. The molecule has 3 N–H and O–H groups in total. The molecule has 0 saturated carbocycles. The van der Waals surface area contributed by atoms with Crippen LogP contribution in [0.5, 0.6) is 0 Å². The second-order valence-electron chi connectivity index (χ2n) is 6.52. The number of nitrogens with zero attached hydrogens (tertiary/aromatic N) is 1. The molecule has 0 spiro atoms. The first kappa shape index (κ1) is 19.4. The van der Waals surface area contributed by atoms with Crippen LogP contribution < -0.4 is 16.0 Å². The third-order valence-corrected chi connectivity index (χ3v) is 4.68. The van der Waals surface area contributed by atoms with E-state index in [0.29, 0.717) is 26.1 Å². The Morgan fingerprint density at radius 1 is 1.15 bits per heavy atom. The van der Waals surface area contributed by atoms with Gasteiger partial charge in [0.25, 0.3) is 0 Å². The van der Waals surface area contributed by atoms with Crippen LogP contribution in [0.25, 0.3) is 0 Å². The minimum absolute atomic E-state index is 0.0281. The summed E-state index contributed by atoms with van der Waals surface area (Å²) in [7, 11) is 0. The standard InChI is InChI=1S/C17H21F3N4O3/c1-10(12-4-2-3-5-13(12)17(18,19)20)21-14-22-15(25)24(16(26)23-14)11-6-8-27-9-7-11/h2-5,10-11,14,21H,6-9H2,1H3,(H,22,25)(H,23,26). The summed E-state index contributed by atoms with van der Waals surface area (Å²) in [5, 5.41) is 7.97. The maximum atomic E-state index is 13.2. The quantitative estimate of drug-likeness (QED) is 0.743. The zero-order chi connectivity index (χ0) is 19.6. The maximum Gasteiger partial charge on any atom is 0.416 e. The predicted molar refractivity (Wildman–Crippen MR) is 89.5 cm³/mol. The van der Waals surface area contributed by atoms with Gasteiger partial charge in [-0.05, 0) is 31.4 Å². The Morgan fingerprint density at radius 2 is 1.74 bits per heavy atom. The Bertz CT molecular complexity index is 689. The van der Waals surface area contributed by atoms with Crippen LogP contribution >= 0.6 is 0 Å². The van der Waals surface area contributed by atoms with Gasteiger partial charge in [0.1, 0.15) is 0 Å². The van der Waals surface area contributed by atoms with Crippen LogP contribution in [0.2, 0.25) is 0 Å². The number of benzene rings is 1. The third kappa shape index (κ3) is 4.33. The summed E-state index contributed by atoms with van der Waals surface area (Å²) in [6.07, 6.45) is -4.37. The second kappa shape index (κ2) is 7.73. The van der Waals surface area contributed by atoms with Crippen molar-refractivity contribution in [2.75, 3.05) is 13.2 Å². The molecule has 0 radical (unpaired) electrons. The van der Waals surface area contributed by atoms with Crippen molar-refractivity contribution in [1.29, 1.82) is 0 Å². The molecule has 1 atom stereocenters. The van der Waals surface area contributed by atoms with Gasteiger partial charge in [-0.15, -0.1) is 0 Å². The molecule has 2 aliphatic rings. The molecule has 1 aromatic carbocycles. The Labute approximate surface area is 154 Å². The highest BCUT2D eigenvalue weighted by Crippen LogP contribution is 2.34. The molecule has 0 aromatic heterocycles. The van der Waals surface area contributed by atoms with E-state index in [2.05, 4.69) is 16.0 Å². The zero-order valence-electron chi connectivity index (χ0n) is 14.7. The van der Waals surface area contributed by atoms with Gasteiger partial charge >= 0.3 is 18.2 Å². The Kier molecular flexibility index (Phi) is 5.56. The number of hydrogen-bond donors (Lipinski definition) is 3.